The van der Waals surface area contributed by atoms with E-state index in [9.17, 15) is 4.79 Å². The fraction of sp³-hybridized carbons (Fsp3) is 0.250. The molecule has 2 rings (SSSR count). The third-order valence-electron chi connectivity index (χ3n) is 2.55. The van der Waals surface area contributed by atoms with Crippen LogP contribution in [0.15, 0.2) is 24.3 Å². The average Bonchev–Trinajstić information content (AvgIpc) is 2.55. The Morgan fingerprint density at radius 1 is 1.44 bits per heavy atom. The first-order valence-corrected chi connectivity index (χ1v) is 5.08. The minimum atomic E-state index is -0.826. The second-order valence-corrected chi connectivity index (χ2v) is 3.97. The predicted octanol–water partition coefficient (Wildman–Crippen LogP) is 2.00. The Morgan fingerprint density at radius 2 is 2.19 bits per heavy atom. The standard InChI is InChI=1S/C12H14N2O2/c1-8-5-9-6-10(3-4-11(9)13-8)14(2)7-12(15)16/h3-6,13H,7H2,1-2H3,(H,15,16). The van der Waals surface area contributed by atoms with Gasteiger partial charge in [0.2, 0.25) is 0 Å². The molecule has 0 aliphatic heterocycles. The van der Waals surface area contributed by atoms with Crippen molar-refractivity contribution in [3.8, 4) is 0 Å². The van der Waals surface area contributed by atoms with E-state index >= 15 is 0 Å². The Kier molecular flexibility index (Phi) is 2.56. The van der Waals surface area contributed by atoms with Gasteiger partial charge in [0.1, 0.15) is 6.54 Å². The third kappa shape index (κ3) is 2.00. The van der Waals surface area contributed by atoms with Crippen LogP contribution in [0.5, 0.6) is 0 Å². The molecule has 0 unspecified atom stereocenters. The van der Waals surface area contributed by atoms with E-state index in [4.69, 9.17) is 5.11 Å². The van der Waals surface area contributed by atoms with E-state index in [0.717, 1.165) is 22.3 Å². The lowest BCUT2D eigenvalue weighted by atomic mass is 10.2. The van der Waals surface area contributed by atoms with E-state index < -0.39 is 5.97 Å². The molecule has 0 atom stereocenters. The summed E-state index contributed by atoms with van der Waals surface area (Å²) in [5.41, 5.74) is 3.09. The second kappa shape index (κ2) is 3.89. The van der Waals surface area contributed by atoms with Crippen molar-refractivity contribution in [2.45, 2.75) is 6.92 Å². The number of nitrogens with one attached hydrogen (secondary N) is 1. The molecular formula is C12H14N2O2. The fourth-order valence-corrected chi connectivity index (χ4v) is 1.80. The Balaban J connectivity index is 2.34. The Bertz CT molecular complexity index is 531. The number of benzene rings is 1. The highest BCUT2D eigenvalue weighted by molar-refractivity contribution is 5.85. The van der Waals surface area contributed by atoms with E-state index in [1.165, 1.54) is 0 Å². The highest BCUT2D eigenvalue weighted by atomic mass is 16.4. The van der Waals surface area contributed by atoms with Crippen LogP contribution in [0.4, 0.5) is 5.69 Å². The number of rotatable bonds is 3. The summed E-state index contributed by atoms with van der Waals surface area (Å²) in [6, 6.07) is 7.92. The van der Waals surface area contributed by atoms with Crippen molar-refractivity contribution in [3.63, 3.8) is 0 Å². The van der Waals surface area contributed by atoms with Gasteiger partial charge in [-0.2, -0.15) is 0 Å². The number of carboxylic acids is 1. The number of carboxylic acid groups (broad SMARTS) is 1. The summed E-state index contributed by atoms with van der Waals surface area (Å²) in [5, 5.41) is 9.82. The maximum absolute atomic E-state index is 10.6. The van der Waals surface area contributed by atoms with Crippen LogP contribution in [-0.2, 0) is 4.79 Å². The van der Waals surface area contributed by atoms with Gasteiger partial charge in [-0.3, -0.25) is 4.79 Å². The quantitative estimate of drug-likeness (QED) is 0.828. The number of fused-ring (bicyclic) bond motifs is 1. The van der Waals surface area contributed by atoms with E-state index in [-0.39, 0.29) is 6.54 Å². The molecule has 84 valence electrons. The number of aromatic amines is 1. The summed E-state index contributed by atoms with van der Waals surface area (Å²) < 4.78 is 0. The summed E-state index contributed by atoms with van der Waals surface area (Å²) in [7, 11) is 1.77. The van der Waals surface area contributed by atoms with Crippen molar-refractivity contribution in [2.24, 2.45) is 0 Å². The van der Waals surface area contributed by atoms with Gasteiger partial charge in [-0.15, -0.1) is 0 Å². The highest BCUT2D eigenvalue weighted by Gasteiger charge is 2.06. The fourth-order valence-electron chi connectivity index (χ4n) is 1.80. The molecule has 0 saturated heterocycles. The van der Waals surface area contributed by atoms with E-state index in [2.05, 4.69) is 4.98 Å². The van der Waals surface area contributed by atoms with Crippen molar-refractivity contribution in [3.05, 3.63) is 30.0 Å². The van der Waals surface area contributed by atoms with Crippen molar-refractivity contribution in [1.82, 2.24) is 4.98 Å². The Labute approximate surface area is 93.5 Å². The number of likely N-dealkylation sites (N-methyl/N-ethyl adjacent to an activating group) is 1. The summed E-state index contributed by atoms with van der Waals surface area (Å²) in [5.74, 6) is -0.826. The first-order valence-electron chi connectivity index (χ1n) is 5.08. The molecule has 0 saturated carbocycles. The van der Waals surface area contributed by atoms with E-state index in [1.54, 1.807) is 11.9 Å². The van der Waals surface area contributed by atoms with Crippen LogP contribution >= 0.6 is 0 Å². The number of aromatic nitrogens is 1. The molecule has 0 radical (unpaired) electrons. The maximum Gasteiger partial charge on any atom is 0.323 e. The molecule has 0 aliphatic rings. The maximum atomic E-state index is 10.6. The summed E-state index contributed by atoms with van der Waals surface area (Å²) >= 11 is 0. The van der Waals surface area contributed by atoms with Crippen LogP contribution in [0.1, 0.15) is 5.69 Å². The lowest BCUT2D eigenvalue weighted by Gasteiger charge is -2.16. The number of anilines is 1. The van der Waals surface area contributed by atoms with Crippen molar-refractivity contribution in [1.29, 1.82) is 0 Å². The minimum absolute atomic E-state index is 0.00884. The largest absolute Gasteiger partial charge is 0.480 e. The van der Waals surface area contributed by atoms with Gasteiger partial charge in [0.05, 0.1) is 0 Å². The number of aliphatic carboxylic acids is 1. The van der Waals surface area contributed by atoms with Gasteiger partial charge in [0, 0.05) is 29.3 Å². The first kappa shape index (κ1) is 10.5. The zero-order valence-corrected chi connectivity index (χ0v) is 9.32. The number of nitrogens with zero attached hydrogens (tertiary/aromatic N) is 1. The van der Waals surface area contributed by atoms with Gasteiger partial charge in [-0.1, -0.05) is 0 Å². The molecule has 16 heavy (non-hydrogen) atoms. The van der Waals surface area contributed by atoms with Gasteiger partial charge >= 0.3 is 5.97 Å². The van der Waals surface area contributed by atoms with Crippen LogP contribution < -0.4 is 4.90 Å². The number of H-pyrrole nitrogens is 1. The molecule has 4 heteroatoms. The molecule has 2 N–H and O–H groups in total. The molecule has 0 amide bonds. The topological polar surface area (TPSA) is 56.3 Å². The van der Waals surface area contributed by atoms with Gasteiger partial charge in [0.25, 0.3) is 0 Å². The molecule has 1 aromatic heterocycles. The summed E-state index contributed by atoms with van der Waals surface area (Å²) in [6.07, 6.45) is 0. The zero-order chi connectivity index (χ0) is 11.7. The molecular weight excluding hydrogens is 204 g/mol. The Hall–Kier alpha value is -1.97. The van der Waals surface area contributed by atoms with Crippen LogP contribution in [0.25, 0.3) is 10.9 Å². The van der Waals surface area contributed by atoms with E-state index in [0.29, 0.717) is 0 Å². The molecule has 0 bridgehead atoms. The smallest absolute Gasteiger partial charge is 0.323 e. The number of hydrogen-bond donors (Lipinski definition) is 2. The average molecular weight is 218 g/mol. The number of aryl methyl sites for hydroxylation is 1. The van der Waals surface area contributed by atoms with Crippen LogP contribution in [0.2, 0.25) is 0 Å². The third-order valence-corrected chi connectivity index (χ3v) is 2.55. The SMILES string of the molecule is Cc1cc2cc(N(C)CC(=O)O)ccc2[nH]1. The highest BCUT2D eigenvalue weighted by Crippen LogP contribution is 2.21. The first-order chi connectivity index (χ1) is 7.56. The van der Waals surface area contributed by atoms with Crippen molar-refractivity contribution >= 4 is 22.6 Å². The van der Waals surface area contributed by atoms with Crippen molar-refractivity contribution < 1.29 is 9.90 Å². The van der Waals surface area contributed by atoms with Gasteiger partial charge in [-0.25, -0.2) is 0 Å². The second-order valence-electron chi connectivity index (χ2n) is 3.97. The molecule has 0 spiro atoms. The van der Waals surface area contributed by atoms with Crippen LogP contribution in [0, 0.1) is 6.92 Å². The number of hydrogen-bond acceptors (Lipinski definition) is 2. The van der Waals surface area contributed by atoms with Gasteiger partial charge < -0.3 is 15.0 Å². The normalized spacial score (nSPS) is 10.6. The Morgan fingerprint density at radius 3 is 2.88 bits per heavy atom. The number of carbonyl (C=O) groups is 1. The van der Waals surface area contributed by atoms with Crippen LogP contribution in [-0.4, -0.2) is 29.7 Å². The van der Waals surface area contributed by atoms with E-state index in [1.807, 2.05) is 31.2 Å². The van der Waals surface area contributed by atoms with Gasteiger partial charge in [0.15, 0.2) is 0 Å². The van der Waals surface area contributed by atoms with Crippen LogP contribution in [0.3, 0.4) is 0 Å². The minimum Gasteiger partial charge on any atom is -0.480 e. The monoisotopic (exact) mass is 218 g/mol. The van der Waals surface area contributed by atoms with Crippen molar-refractivity contribution in [2.75, 3.05) is 18.5 Å². The molecule has 4 nitrogen and oxygen atoms in total. The van der Waals surface area contributed by atoms with Gasteiger partial charge in [-0.05, 0) is 31.2 Å². The molecule has 2 aromatic rings. The molecule has 1 aromatic carbocycles. The summed E-state index contributed by atoms with van der Waals surface area (Å²) in [6.45, 7) is 2.01. The molecule has 1 heterocycles. The lowest BCUT2D eigenvalue weighted by molar-refractivity contribution is -0.135. The summed E-state index contributed by atoms with van der Waals surface area (Å²) in [4.78, 5) is 15.5. The predicted molar refractivity (Wildman–Crippen MR) is 63.9 cm³/mol. The molecule has 0 fully saturated rings. The zero-order valence-electron chi connectivity index (χ0n) is 9.32. The lowest BCUT2D eigenvalue weighted by Crippen LogP contribution is -2.24. The molecule has 0 aliphatic carbocycles.